The number of halogens is 3. The van der Waals surface area contributed by atoms with Gasteiger partial charge in [-0.1, -0.05) is 12.1 Å². The van der Waals surface area contributed by atoms with Crippen LogP contribution in [-0.4, -0.2) is 37.5 Å². The summed E-state index contributed by atoms with van der Waals surface area (Å²) in [6.07, 6.45) is 1.41. The molecule has 0 aliphatic heterocycles. The van der Waals surface area contributed by atoms with Crippen LogP contribution in [0.5, 0.6) is 0 Å². The number of nitrogens with one attached hydrogen (secondary N) is 1. The van der Waals surface area contributed by atoms with Gasteiger partial charge in [0.1, 0.15) is 11.6 Å². The highest BCUT2D eigenvalue weighted by Gasteiger charge is 2.07. The first-order valence-corrected chi connectivity index (χ1v) is 8.94. The van der Waals surface area contributed by atoms with Gasteiger partial charge in [-0.3, -0.25) is 4.99 Å². The number of benzene rings is 1. The zero-order chi connectivity index (χ0) is 17.4. The third kappa shape index (κ3) is 7.27. The Morgan fingerprint density at radius 1 is 1.24 bits per heavy atom. The van der Waals surface area contributed by atoms with E-state index in [2.05, 4.69) is 32.7 Å². The summed E-state index contributed by atoms with van der Waals surface area (Å²) in [5, 5.41) is 5.32. The summed E-state index contributed by atoms with van der Waals surface area (Å²) in [5.41, 5.74) is 0.484. The number of hydrogen-bond acceptors (Lipinski definition) is 2. The van der Waals surface area contributed by atoms with Crippen molar-refractivity contribution in [3.05, 3.63) is 57.8 Å². The van der Waals surface area contributed by atoms with Crippen molar-refractivity contribution in [2.24, 2.45) is 4.99 Å². The Kier molecular flexibility index (Phi) is 9.96. The van der Waals surface area contributed by atoms with Crippen molar-refractivity contribution in [2.45, 2.75) is 19.8 Å². The molecule has 0 aliphatic rings. The van der Waals surface area contributed by atoms with E-state index in [1.165, 1.54) is 17.0 Å². The van der Waals surface area contributed by atoms with Gasteiger partial charge in [-0.15, -0.1) is 35.3 Å². The van der Waals surface area contributed by atoms with E-state index in [4.69, 9.17) is 0 Å². The van der Waals surface area contributed by atoms with Crippen molar-refractivity contribution >= 4 is 41.3 Å². The molecule has 2 aromatic rings. The fraction of sp³-hybridized carbons (Fsp3) is 0.389. The van der Waals surface area contributed by atoms with Crippen LogP contribution in [0.15, 0.2) is 40.7 Å². The van der Waals surface area contributed by atoms with Crippen molar-refractivity contribution in [3.63, 3.8) is 0 Å². The van der Waals surface area contributed by atoms with Crippen LogP contribution in [0, 0.1) is 11.6 Å². The Hall–Kier alpha value is -1.22. The Morgan fingerprint density at radius 3 is 2.68 bits per heavy atom. The van der Waals surface area contributed by atoms with Crippen LogP contribution in [0.2, 0.25) is 0 Å². The van der Waals surface area contributed by atoms with Crippen LogP contribution in [0.1, 0.15) is 17.4 Å². The fourth-order valence-corrected chi connectivity index (χ4v) is 3.01. The Balaban J connectivity index is 0.00000312. The summed E-state index contributed by atoms with van der Waals surface area (Å²) in [7, 11) is 1.99. The second kappa shape index (κ2) is 11.4. The van der Waals surface area contributed by atoms with E-state index in [0.717, 1.165) is 31.5 Å². The van der Waals surface area contributed by atoms with Gasteiger partial charge >= 0.3 is 0 Å². The summed E-state index contributed by atoms with van der Waals surface area (Å²) < 4.78 is 26.6. The topological polar surface area (TPSA) is 27.6 Å². The number of guanidine groups is 1. The standard InChI is InChI=1S/C18H23F2N3S.HI/c1-3-21-18(23(2)11-9-16-5-4-12-24-16)22-10-8-14-6-7-15(19)13-17(14)20;/h4-7,12-13H,3,8-11H2,1-2H3,(H,21,22);1H. The summed E-state index contributed by atoms with van der Waals surface area (Å²) in [6, 6.07) is 7.85. The summed E-state index contributed by atoms with van der Waals surface area (Å²) in [4.78, 5) is 7.96. The number of nitrogens with zero attached hydrogens (tertiary/aromatic N) is 2. The minimum Gasteiger partial charge on any atom is -0.357 e. The van der Waals surface area contributed by atoms with Gasteiger partial charge < -0.3 is 10.2 Å². The molecule has 0 amide bonds. The molecule has 138 valence electrons. The third-order valence-electron chi connectivity index (χ3n) is 3.63. The lowest BCUT2D eigenvalue weighted by Crippen LogP contribution is -2.40. The normalized spacial score (nSPS) is 11.1. The molecule has 0 atom stereocenters. The molecule has 1 heterocycles. The van der Waals surface area contributed by atoms with Crippen LogP contribution < -0.4 is 5.32 Å². The molecular weight excluding hydrogens is 455 g/mol. The molecule has 0 aliphatic carbocycles. The van der Waals surface area contributed by atoms with Gasteiger partial charge in [0.15, 0.2) is 5.96 Å². The van der Waals surface area contributed by atoms with E-state index in [1.54, 1.807) is 11.3 Å². The first-order valence-electron chi connectivity index (χ1n) is 8.06. The summed E-state index contributed by atoms with van der Waals surface area (Å²) in [6.45, 7) is 4.10. The number of likely N-dealkylation sites (N-methyl/N-ethyl adjacent to an activating group) is 1. The first kappa shape index (κ1) is 21.8. The molecule has 1 aromatic heterocycles. The average Bonchev–Trinajstić information content (AvgIpc) is 3.07. The van der Waals surface area contributed by atoms with E-state index in [-0.39, 0.29) is 24.0 Å². The van der Waals surface area contributed by atoms with Gasteiger partial charge in [-0.2, -0.15) is 0 Å². The maximum absolute atomic E-state index is 13.6. The molecule has 0 spiro atoms. The highest BCUT2D eigenvalue weighted by Crippen LogP contribution is 2.11. The second-order valence-corrected chi connectivity index (χ2v) is 6.50. The minimum atomic E-state index is -0.554. The molecular formula is C18H24F2IN3S. The predicted molar refractivity (Wildman–Crippen MR) is 112 cm³/mol. The smallest absolute Gasteiger partial charge is 0.193 e. The molecule has 0 saturated carbocycles. The maximum atomic E-state index is 13.6. The van der Waals surface area contributed by atoms with Crippen molar-refractivity contribution in [2.75, 3.05) is 26.7 Å². The Bertz CT molecular complexity index is 662. The zero-order valence-corrected chi connectivity index (χ0v) is 17.6. The van der Waals surface area contributed by atoms with Crippen LogP contribution in [-0.2, 0) is 12.8 Å². The molecule has 0 fully saturated rings. The third-order valence-corrected chi connectivity index (χ3v) is 4.56. The lowest BCUT2D eigenvalue weighted by atomic mass is 10.1. The van der Waals surface area contributed by atoms with Crippen LogP contribution in [0.4, 0.5) is 8.78 Å². The molecule has 1 aromatic carbocycles. The quantitative estimate of drug-likeness (QED) is 0.364. The monoisotopic (exact) mass is 479 g/mol. The van der Waals surface area contributed by atoms with Crippen LogP contribution >= 0.6 is 35.3 Å². The molecule has 7 heteroatoms. The summed E-state index contributed by atoms with van der Waals surface area (Å²) in [5.74, 6) is -0.265. The lowest BCUT2D eigenvalue weighted by Gasteiger charge is -2.21. The molecule has 0 unspecified atom stereocenters. The molecule has 0 radical (unpaired) electrons. The number of thiophene rings is 1. The predicted octanol–water partition coefficient (Wildman–Crippen LogP) is 4.33. The SMILES string of the molecule is CCNC(=NCCc1ccc(F)cc1F)N(C)CCc1cccs1.I. The maximum Gasteiger partial charge on any atom is 0.193 e. The van der Waals surface area contributed by atoms with E-state index in [1.807, 2.05) is 14.0 Å². The van der Waals surface area contributed by atoms with Gasteiger partial charge in [0, 0.05) is 37.6 Å². The fourth-order valence-electron chi connectivity index (χ4n) is 2.32. The van der Waals surface area contributed by atoms with Crippen LogP contribution in [0.25, 0.3) is 0 Å². The van der Waals surface area contributed by atoms with Crippen molar-refractivity contribution in [1.82, 2.24) is 10.2 Å². The van der Waals surface area contributed by atoms with Gasteiger partial charge in [-0.25, -0.2) is 8.78 Å². The lowest BCUT2D eigenvalue weighted by molar-refractivity contribution is 0.486. The largest absolute Gasteiger partial charge is 0.357 e. The van der Waals surface area contributed by atoms with Crippen LogP contribution in [0.3, 0.4) is 0 Å². The molecule has 0 saturated heterocycles. The number of aliphatic imine (C=N–C) groups is 1. The number of hydrogen-bond donors (Lipinski definition) is 1. The van der Waals surface area contributed by atoms with E-state index < -0.39 is 11.6 Å². The van der Waals surface area contributed by atoms with Gasteiger partial charge in [-0.05, 0) is 42.8 Å². The summed E-state index contributed by atoms with van der Waals surface area (Å²) >= 11 is 1.75. The van der Waals surface area contributed by atoms with E-state index in [0.29, 0.717) is 18.5 Å². The molecule has 25 heavy (non-hydrogen) atoms. The molecule has 1 N–H and O–H groups in total. The molecule has 2 rings (SSSR count). The highest BCUT2D eigenvalue weighted by atomic mass is 127. The second-order valence-electron chi connectivity index (χ2n) is 5.47. The average molecular weight is 479 g/mol. The van der Waals surface area contributed by atoms with Gasteiger partial charge in [0.05, 0.1) is 0 Å². The molecule has 0 bridgehead atoms. The highest BCUT2D eigenvalue weighted by molar-refractivity contribution is 14.0. The van der Waals surface area contributed by atoms with E-state index >= 15 is 0 Å². The molecule has 3 nitrogen and oxygen atoms in total. The van der Waals surface area contributed by atoms with Crippen molar-refractivity contribution in [3.8, 4) is 0 Å². The van der Waals surface area contributed by atoms with Crippen molar-refractivity contribution in [1.29, 1.82) is 0 Å². The minimum absolute atomic E-state index is 0. The zero-order valence-electron chi connectivity index (χ0n) is 14.5. The first-order chi connectivity index (χ1) is 11.6. The van der Waals surface area contributed by atoms with E-state index in [9.17, 15) is 8.78 Å². The number of rotatable bonds is 7. The van der Waals surface area contributed by atoms with Crippen molar-refractivity contribution < 1.29 is 8.78 Å². The van der Waals surface area contributed by atoms with Gasteiger partial charge in [0.2, 0.25) is 0 Å². The van der Waals surface area contributed by atoms with Gasteiger partial charge in [0.25, 0.3) is 0 Å². The Labute approximate surface area is 169 Å². The Morgan fingerprint density at radius 2 is 2.04 bits per heavy atom.